The second kappa shape index (κ2) is 7.50. The van der Waals surface area contributed by atoms with Gasteiger partial charge in [-0.2, -0.15) is 0 Å². The molecule has 0 aromatic heterocycles. The minimum absolute atomic E-state index is 0.347. The molecule has 0 aliphatic rings. The summed E-state index contributed by atoms with van der Waals surface area (Å²) in [6.45, 7) is 2.47. The summed E-state index contributed by atoms with van der Waals surface area (Å²) in [5, 5.41) is 0. The van der Waals surface area contributed by atoms with E-state index < -0.39 is 0 Å². The number of unbranched alkanes of at least 4 members (excludes halogenated alkanes) is 1. The van der Waals surface area contributed by atoms with Crippen LogP contribution in [0.2, 0.25) is 0 Å². The van der Waals surface area contributed by atoms with Crippen molar-refractivity contribution < 1.29 is 9.47 Å². The zero-order chi connectivity index (χ0) is 6.95. The molecule has 0 fully saturated rings. The highest BCUT2D eigenvalue weighted by Gasteiger charge is 1.73. The van der Waals surface area contributed by atoms with Crippen molar-refractivity contribution >= 4 is 0 Å². The lowest BCUT2D eigenvalue weighted by atomic mass is 10.3. The van der Waals surface area contributed by atoms with Gasteiger partial charge >= 0.3 is 0 Å². The molecule has 0 saturated heterocycles. The Kier molecular flexibility index (Phi) is 7.08. The van der Waals surface area contributed by atoms with Gasteiger partial charge in [-0.3, -0.25) is 0 Å². The molecule has 0 heterocycles. The summed E-state index contributed by atoms with van der Waals surface area (Å²) in [6.07, 6.45) is 5.89. The summed E-state index contributed by atoms with van der Waals surface area (Å²) in [4.78, 5) is 0. The number of allylic oxidation sites excluding steroid dienone is 1. The van der Waals surface area contributed by atoms with Crippen LogP contribution in [0.5, 0.6) is 0 Å². The predicted octanol–water partition coefficient (Wildman–Crippen LogP) is 1.92. The van der Waals surface area contributed by atoms with E-state index in [4.69, 9.17) is 4.74 Å². The molecule has 0 aliphatic heterocycles. The van der Waals surface area contributed by atoms with Gasteiger partial charge < -0.3 is 9.47 Å². The monoisotopic (exact) mass is 130 g/mol. The van der Waals surface area contributed by atoms with Crippen molar-refractivity contribution in [3.8, 4) is 0 Å². The molecule has 0 spiro atoms. The fourth-order valence-electron chi connectivity index (χ4n) is 0.410. The van der Waals surface area contributed by atoms with Gasteiger partial charge in [-0.25, -0.2) is 0 Å². The SMILES string of the molecule is CCCC=COCOC. The van der Waals surface area contributed by atoms with E-state index in [1.807, 2.05) is 6.08 Å². The van der Waals surface area contributed by atoms with Crippen molar-refractivity contribution in [1.82, 2.24) is 0 Å². The highest BCUT2D eigenvalue weighted by molar-refractivity contribution is 4.71. The lowest BCUT2D eigenvalue weighted by molar-refractivity contribution is 0.0196. The maximum atomic E-state index is 4.88. The molecule has 0 bridgehead atoms. The average molecular weight is 130 g/mol. The lowest BCUT2D eigenvalue weighted by Crippen LogP contribution is -1.87. The molecular weight excluding hydrogens is 116 g/mol. The summed E-state index contributed by atoms with van der Waals surface area (Å²) in [5.74, 6) is 0. The molecule has 0 rings (SSSR count). The first-order valence-electron chi connectivity index (χ1n) is 3.17. The molecular formula is C7H14O2. The first kappa shape index (κ1) is 8.50. The number of rotatable bonds is 5. The van der Waals surface area contributed by atoms with Crippen molar-refractivity contribution in [1.29, 1.82) is 0 Å². The van der Waals surface area contributed by atoms with Crippen LogP contribution in [0.25, 0.3) is 0 Å². The van der Waals surface area contributed by atoms with E-state index in [1.165, 1.54) is 0 Å². The molecule has 2 heteroatoms. The van der Waals surface area contributed by atoms with E-state index in [0.717, 1.165) is 12.8 Å². The van der Waals surface area contributed by atoms with E-state index in [2.05, 4.69) is 11.7 Å². The topological polar surface area (TPSA) is 18.5 Å². The summed E-state index contributed by atoms with van der Waals surface area (Å²) >= 11 is 0. The van der Waals surface area contributed by atoms with Gasteiger partial charge in [0.15, 0.2) is 6.79 Å². The Morgan fingerprint density at radius 3 is 2.78 bits per heavy atom. The maximum Gasteiger partial charge on any atom is 0.187 e. The van der Waals surface area contributed by atoms with Crippen LogP contribution in [0.4, 0.5) is 0 Å². The van der Waals surface area contributed by atoms with E-state index >= 15 is 0 Å². The normalized spacial score (nSPS) is 10.4. The lowest BCUT2D eigenvalue weighted by Gasteiger charge is -1.94. The molecule has 0 amide bonds. The van der Waals surface area contributed by atoms with Gasteiger partial charge in [0.25, 0.3) is 0 Å². The molecule has 0 aliphatic carbocycles. The third kappa shape index (κ3) is 7.50. The standard InChI is InChI=1S/C7H14O2/c1-3-4-5-6-9-7-8-2/h5-6H,3-4,7H2,1-2H3. The summed E-state index contributed by atoms with van der Waals surface area (Å²) in [6, 6.07) is 0. The fourth-order valence-corrected chi connectivity index (χ4v) is 0.410. The smallest absolute Gasteiger partial charge is 0.187 e. The van der Waals surface area contributed by atoms with Gasteiger partial charge in [-0.1, -0.05) is 13.3 Å². The Labute approximate surface area is 56.5 Å². The van der Waals surface area contributed by atoms with Crippen LogP contribution in [0.1, 0.15) is 19.8 Å². The van der Waals surface area contributed by atoms with Crippen molar-refractivity contribution in [2.24, 2.45) is 0 Å². The maximum absolute atomic E-state index is 4.88. The molecule has 9 heavy (non-hydrogen) atoms. The molecule has 0 N–H and O–H groups in total. The van der Waals surface area contributed by atoms with Crippen molar-refractivity contribution in [2.45, 2.75) is 19.8 Å². The van der Waals surface area contributed by atoms with Gasteiger partial charge in [-0.15, -0.1) is 0 Å². The van der Waals surface area contributed by atoms with Gasteiger partial charge in [0.05, 0.1) is 6.26 Å². The van der Waals surface area contributed by atoms with Crippen LogP contribution < -0.4 is 0 Å². The van der Waals surface area contributed by atoms with Crippen molar-refractivity contribution in [3.05, 3.63) is 12.3 Å². The summed E-state index contributed by atoms with van der Waals surface area (Å²) in [5.41, 5.74) is 0. The van der Waals surface area contributed by atoms with Crippen LogP contribution >= 0.6 is 0 Å². The Morgan fingerprint density at radius 2 is 2.22 bits per heavy atom. The van der Waals surface area contributed by atoms with Gasteiger partial charge in [-0.05, 0) is 12.5 Å². The average Bonchev–Trinajstić information content (AvgIpc) is 1.89. The Morgan fingerprint density at radius 1 is 1.44 bits per heavy atom. The van der Waals surface area contributed by atoms with Gasteiger partial charge in [0.2, 0.25) is 0 Å². The number of hydrogen-bond acceptors (Lipinski definition) is 2. The molecule has 54 valence electrons. The highest BCUT2D eigenvalue weighted by atomic mass is 16.7. The van der Waals surface area contributed by atoms with Crippen LogP contribution in [-0.4, -0.2) is 13.9 Å². The van der Waals surface area contributed by atoms with E-state index in [1.54, 1.807) is 13.4 Å². The van der Waals surface area contributed by atoms with E-state index in [-0.39, 0.29) is 0 Å². The second-order valence-electron chi connectivity index (χ2n) is 1.73. The number of methoxy groups -OCH3 is 1. The van der Waals surface area contributed by atoms with E-state index in [0.29, 0.717) is 6.79 Å². The molecule has 2 nitrogen and oxygen atoms in total. The number of ether oxygens (including phenoxy) is 2. The first-order chi connectivity index (χ1) is 4.41. The molecule has 0 saturated carbocycles. The second-order valence-corrected chi connectivity index (χ2v) is 1.73. The molecule has 0 aromatic carbocycles. The van der Waals surface area contributed by atoms with Crippen LogP contribution in [0.3, 0.4) is 0 Å². The van der Waals surface area contributed by atoms with E-state index in [9.17, 15) is 0 Å². The minimum Gasteiger partial charge on any atom is -0.476 e. The Bertz CT molecular complexity index is 69.3. The molecule has 0 radical (unpaired) electrons. The third-order valence-electron chi connectivity index (χ3n) is 0.834. The molecule has 0 atom stereocenters. The van der Waals surface area contributed by atoms with Crippen molar-refractivity contribution in [2.75, 3.05) is 13.9 Å². The Balaban J connectivity index is 2.86. The molecule has 0 unspecified atom stereocenters. The third-order valence-corrected chi connectivity index (χ3v) is 0.834. The summed E-state index contributed by atoms with van der Waals surface area (Å²) < 4.78 is 9.53. The van der Waals surface area contributed by atoms with Crippen LogP contribution in [0.15, 0.2) is 12.3 Å². The number of hydrogen-bond donors (Lipinski definition) is 0. The Hall–Kier alpha value is -0.500. The fraction of sp³-hybridized carbons (Fsp3) is 0.714. The van der Waals surface area contributed by atoms with Crippen LogP contribution in [-0.2, 0) is 9.47 Å². The quantitative estimate of drug-likeness (QED) is 0.321. The summed E-state index contributed by atoms with van der Waals surface area (Å²) in [7, 11) is 1.60. The van der Waals surface area contributed by atoms with Gasteiger partial charge in [0.1, 0.15) is 0 Å². The van der Waals surface area contributed by atoms with Crippen molar-refractivity contribution in [3.63, 3.8) is 0 Å². The van der Waals surface area contributed by atoms with Gasteiger partial charge in [0, 0.05) is 7.11 Å². The van der Waals surface area contributed by atoms with Crippen LogP contribution in [0, 0.1) is 0 Å². The largest absolute Gasteiger partial charge is 0.476 e. The highest BCUT2D eigenvalue weighted by Crippen LogP contribution is 1.88. The zero-order valence-electron chi connectivity index (χ0n) is 6.09. The molecule has 0 aromatic rings. The zero-order valence-corrected chi connectivity index (χ0v) is 6.09. The predicted molar refractivity (Wildman–Crippen MR) is 37.0 cm³/mol. The minimum atomic E-state index is 0.347. The first-order valence-corrected chi connectivity index (χ1v) is 3.17.